The normalized spacial score (nSPS) is 10.8. The summed E-state index contributed by atoms with van der Waals surface area (Å²) in [5.74, 6) is -0.614. The molecule has 7 heteroatoms. The van der Waals surface area contributed by atoms with Crippen LogP contribution < -0.4 is 11.1 Å². The lowest BCUT2D eigenvalue weighted by atomic mass is 10.1. The van der Waals surface area contributed by atoms with Gasteiger partial charge in [0.1, 0.15) is 0 Å². The summed E-state index contributed by atoms with van der Waals surface area (Å²) < 4.78 is 1.46. The fourth-order valence-electron chi connectivity index (χ4n) is 1.63. The quantitative estimate of drug-likeness (QED) is 0.797. The Morgan fingerprint density at radius 2 is 2.00 bits per heavy atom. The van der Waals surface area contributed by atoms with Gasteiger partial charge in [-0.3, -0.25) is 4.79 Å². The molecule has 0 unspecified atom stereocenters. The molecule has 2 aromatic rings. The van der Waals surface area contributed by atoms with Crippen molar-refractivity contribution in [1.29, 1.82) is 0 Å². The predicted octanol–water partition coefficient (Wildman–Crippen LogP) is 1.47. The topological polar surface area (TPSA) is 93.2 Å². The minimum absolute atomic E-state index is 0. The second-order valence-corrected chi connectivity index (χ2v) is 5.31. The molecule has 0 aliphatic rings. The number of carbonyl (C=O) groups is 1. The Morgan fingerprint density at radius 1 is 1.38 bits per heavy atom. The number of carbonyl (C=O) groups excluding carboxylic acids is 1. The molecule has 0 atom stereocenters. The number of benzene rings is 1. The molecule has 4 N–H and O–H groups in total. The lowest BCUT2D eigenvalue weighted by Gasteiger charge is -2.18. The van der Waals surface area contributed by atoms with E-state index in [0.29, 0.717) is 6.54 Å². The van der Waals surface area contributed by atoms with Crippen molar-refractivity contribution < 1.29 is 9.90 Å². The zero-order chi connectivity index (χ0) is 14.8. The number of aromatic nitrogens is 2. The number of amides is 1. The van der Waals surface area contributed by atoms with Crippen molar-refractivity contribution in [2.45, 2.75) is 19.4 Å². The van der Waals surface area contributed by atoms with Crippen molar-refractivity contribution in [3.8, 4) is 11.4 Å². The second-order valence-electron chi connectivity index (χ2n) is 5.31. The van der Waals surface area contributed by atoms with Gasteiger partial charge in [-0.2, -0.15) is 5.10 Å². The van der Waals surface area contributed by atoms with Crippen LogP contribution in [0.4, 0.5) is 0 Å². The predicted molar refractivity (Wildman–Crippen MR) is 83.1 cm³/mol. The number of nitrogens with one attached hydrogen (secondary N) is 1. The first-order chi connectivity index (χ1) is 9.37. The van der Waals surface area contributed by atoms with E-state index in [0.717, 1.165) is 5.69 Å². The van der Waals surface area contributed by atoms with E-state index in [9.17, 15) is 9.90 Å². The Labute approximate surface area is 129 Å². The van der Waals surface area contributed by atoms with Gasteiger partial charge in [0.05, 0.1) is 11.9 Å². The maximum absolute atomic E-state index is 12.0. The van der Waals surface area contributed by atoms with E-state index in [1.54, 1.807) is 13.8 Å². The summed E-state index contributed by atoms with van der Waals surface area (Å²) in [6.45, 7) is 3.90. The first-order valence-electron chi connectivity index (χ1n) is 6.28. The van der Waals surface area contributed by atoms with Crippen LogP contribution >= 0.6 is 12.4 Å². The van der Waals surface area contributed by atoms with Crippen molar-refractivity contribution in [3.63, 3.8) is 0 Å². The number of rotatable bonds is 4. The van der Waals surface area contributed by atoms with Gasteiger partial charge < -0.3 is 16.2 Å². The van der Waals surface area contributed by atoms with Gasteiger partial charge in [0.25, 0.3) is 5.91 Å². The molecule has 0 aliphatic heterocycles. The van der Waals surface area contributed by atoms with Crippen molar-refractivity contribution in [1.82, 2.24) is 15.1 Å². The summed E-state index contributed by atoms with van der Waals surface area (Å²) in [5.41, 5.74) is 6.02. The second kappa shape index (κ2) is 6.60. The zero-order valence-corrected chi connectivity index (χ0v) is 12.7. The average molecular weight is 311 g/mol. The molecule has 0 saturated heterocycles. The molecule has 114 valence electrons. The lowest BCUT2D eigenvalue weighted by molar-refractivity contribution is 0.0938. The van der Waals surface area contributed by atoms with Crippen LogP contribution in [0.3, 0.4) is 0 Å². The van der Waals surface area contributed by atoms with Gasteiger partial charge in [0, 0.05) is 12.1 Å². The maximum Gasteiger partial charge on any atom is 0.275 e. The van der Waals surface area contributed by atoms with Gasteiger partial charge in [0.15, 0.2) is 11.4 Å². The Hall–Kier alpha value is -2.05. The maximum atomic E-state index is 12.0. The van der Waals surface area contributed by atoms with Crippen LogP contribution in [0.25, 0.3) is 5.69 Å². The highest BCUT2D eigenvalue weighted by atomic mass is 35.5. The van der Waals surface area contributed by atoms with Crippen LogP contribution in [-0.4, -0.2) is 32.9 Å². The number of aromatic hydroxyl groups is 1. The summed E-state index contributed by atoms with van der Waals surface area (Å²) in [4.78, 5) is 12.0. The van der Waals surface area contributed by atoms with Crippen molar-refractivity contribution >= 4 is 18.3 Å². The molecule has 0 saturated carbocycles. The molecule has 1 heterocycles. The standard InChI is InChI=1S/C14H18N4O2.ClH/c1-14(2,15)9-16-13(20)12-11(19)8-18(17-12)10-6-4-3-5-7-10;/h3-8,19H,9,15H2,1-2H3,(H,16,20);1H. The SMILES string of the molecule is CC(C)(N)CNC(=O)c1nn(-c2ccccc2)cc1O.Cl. The lowest BCUT2D eigenvalue weighted by Crippen LogP contribution is -2.45. The fourth-order valence-corrected chi connectivity index (χ4v) is 1.63. The van der Waals surface area contributed by atoms with E-state index in [1.165, 1.54) is 10.9 Å². The Kier molecular flexibility index (Phi) is 5.34. The molecule has 1 amide bonds. The Bertz CT molecular complexity index is 605. The summed E-state index contributed by atoms with van der Waals surface area (Å²) in [6.07, 6.45) is 1.40. The summed E-state index contributed by atoms with van der Waals surface area (Å²) >= 11 is 0. The van der Waals surface area contributed by atoms with Crippen LogP contribution in [0.5, 0.6) is 5.75 Å². The smallest absolute Gasteiger partial charge is 0.275 e. The van der Waals surface area contributed by atoms with Crippen LogP contribution in [0, 0.1) is 0 Å². The van der Waals surface area contributed by atoms with E-state index in [2.05, 4.69) is 10.4 Å². The highest BCUT2D eigenvalue weighted by Crippen LogP contribution is 2.17. The van der Waals surface area contributed by atoms with Crippen LogP contribution in [-0.2, 0) is 0 Å². The third-order valence-electron chi connectivity index (χ3n) is 2.64. The van der Waals surface area contributed by atoms with E-state index in [1.807, 2.05) is 30.3 Å². The third-order valence-corrected chi connectivity index (χ3v) is 2.64. The van der Waals surface area contributed by atoms with E-state index < -0.39 is 11.4 Å². The Balaban J connectivity index is 0.00000220. The molecule has 0 radical (unpaired) electrons. The number of hydrogen-bond acceptors (Lipinski definition) is 4. The summed E-state index contributed by atoms with van der Waals surface area (Å²) in [5, 5.41) is 16.6. The van der Waals surface area contributed by atoms with Gasteiger partial charge in [0.2, 0.25) is 0 Å². The molecule has 0 spiro atoms. The number of halogens is 1. The van der Waals surface area contributed by atoms with Gasteiger partial charge >= 0.3 is 0 Å². The van der Waals surface area contributed by atoms with Crippen molar-refractivity contribution in [2.75, 3.05) is 6.54 Å². The highest BCUT2D eigenvalue weighted by molar-refractivity contribution is 5.94. The van der Waals surface area contributed by atoms with Gasteiger partial charge in [-0.25, -0.2) is 4.68 Å². The van der Waals surface area contributed by atoms with Gasteiger partial charge in [-0.1, -0.05) is 18.2 Å². The number of para-hydroxylation sites is 1. The summed E-state index contributed by atoms with van der Waals surface area (Å²) in [6, 6.07) is 9.24. The highest BCUT2D eigenvalue weighted by Gasteiger charge is 2.19. The monoisotopic (exact) mass is 310 g/mol. The number of nitrogens with two attached hydrogens (primary N) is 1. The van der Waals surface area contributed by atoms with Gasteiger partial charge in [-0.15, -0.1) is 12.4 Å². The molecule has 1 aromatic carbocycles. The Morgan fingerprint density at radius 3 is 2.57 bits per heavy atom. The third kappa shape index (κ3) is 4.47. The van der Waals surface area contributed by atoms with Crippen LogP contribution in [0.15, 0.2) is 36.5 Å². The minimum Gasteiger partial charge on any atom is -0.504 e. The molecular weight excluding hydrogens is 292 g/mol. The summed E-state index contributed by atoms with van der Waals surface area (Å²) in [7, 11) is 0. The van der Waals surface area contributed by atoms with E-state index >= 15 is 0 Å². The molecule has 6 nitrogen and oxygen atoms in total. The molecule has 2 rings (SSSR count). The van der Waals surface area contributed by atoms with E-state index in [-0.39, 0.29) is 23.9 Å². The van der Waals surface area contributed by atoms with Crippen molar-refractivity contribution in [2.24, 2.45) is 5.73 Å². The number of nitrogens with zero attached hydrogens (tertiary/aromatic N) is 2. The molecular formula is C14H19ClN4O2. The molecule has 0 bridgehead atoms. The van der Waals surface area contributed by atoms with Crippen molar-refractivity contribution in [3.05, 3.63) is 42.2 Å². The molecule has 1 aromatic heterocycles. The first kappa shape index (κ1) is 17.0. The van der Waals surface area contributed by atoms with E-state index in [4.69, 9.17) is 5.73 Å². The van der Waals surface area contributed by atoms with Gasteiger partial charge in [-0.05, 0) is 26.0 Å². The zero-order valence-electron chi connectivity index (χ0n) is 11.9. The first-order valence-corrected chi connectivity index (χ1v) is 6.28. The van der Waals surface area contributed by atoms with Crippen LogP contribution in [0.1, 0.15) is 24.3 Å². The molecule has 0 fully saturated rings. The largest absolute Gasteiger partial charge is 0.504 e. The molecule has 0 aliphatic carbocycles. The average Bonchev–Trinajstić information content (AvgIpc) is 2.78. The molecule has 21 heavy (non-hydrogen) atoms. The minimum atomic E-state index is -0.521. The fraction of sp³-hybridized carbons (Fsp3) is 0.286. The number of hydrogen-bond donors (Lipinski definition) is 3. The van der Waals surface area contributed by atoms with Crippen LogP contribution in [0.2, 0.25) is 0 Å².